The number of thiophene rings is 1. The minimum absolute atomic E-state index is 0.0498. The third-order valence-corrected chi connectivity index (χ3v) is 4.88. The summed E-state index contributed by atoms with van der Waals surface area (Å²) in [5.41, 5.74) is 1.32. The van der Waals surface area contributed by atoms with Crippen LogP contribution in [0.5, 0.6) is 0 Å². The normalized spacial score (nSPS) is 11.1. The Morgan fingerprint density at radius 1 is 1.26 bits per heavy atom. The standard InChI is InChI=1S/C13H6BrCl2NOS/c14-11-2-1-10(19-11)13(18)7-5-17-9-4-6(15)3-8(16)12(7)9/h1-5,17H. The third-order valence-electron chi connectivity index (χ3n) is 2.74. The predicted octanol–water partition coefficient (Wildman–Crippen LogP) is 5.53. The van der Waals surface area contributed by atoms with Gasteiger partial charge in [-0.3, -0.25) is 4.79 Å². The monoisotopic (exact) mass is 373 g/mol. The molecule has 19 heavy (non-hydrogen) atoms. The molecule has 0 spiro atoms. The fourth-order valence-corrected chi connectivity index (χ4v) is 3.87. The van der Waals surface area contributed by atoms with Gasteiger partial charge in [-0.2, -0.15) is 0 Å². The highest BCUT2D eigenvalue weighted by Crippen LogP contribution is 2.33. The lowest BCUT2D eigenvalue weighted by Gasteiger charge is -1.99. The van der Waals surface area contributed by atoms with Crippen LogP contribution in [0.2, 0.25) is 10.0 Å². The van der Waals surface area contributed by atoms with Gasteiger partial charge in [0.25, 0.3) is 0 Å². The van der Waals surface area contributed by atoms with Crippen LogP contribution in [0.25, 0.3) is 10.9 Å². The van der Waals surface area contributed by atoms with Crippen molar-refractivity contribution in [1.82, 2.24) is 4.98 Å². The molecule has 0 bridgehead atoms. The number of aromatic nitrogens is 1. The van der Waals surface area contributed by atoms with Gasteiger partial charge in [0.2, 0.25) is 5.78 Å². The molecule has 0 saturated carbocycles. The molecular weight excluding hydrogens is 369 g/mol. The number of ketones is 1. The quantitative estimate of drug-likeness (QED) is 0.587. The Morgan fingerprint density at radius 3 is 2.74 bits per heavy atom. The number of H-pyrrole nitrogens is 1. The van der Waals surface area contributed by atoms with Crippen LogP contribution < -0.4 is 0 Å². The third kappa shape index (κ3) is 2.34. The van der Waals surface area contributed by atoms with E-state index in [1.807, 2.05) is 6.07 Å². The zero-order valence-corrected chi connectivity index (χ0v) is 13.3. The number of nitrogens with one attached hydrogen (secondary N) is 1. The van der Waals surface area contributed by atoms with Gasteiger partial charge in [-0.25, -0.2) is 0 Å². The summed E-state index contributed by atoms with van der Waals surface area (Å²) in [6.07, 6.45) is 1.67. The maximum atomic E-state index is 12.4. The lowest BCUT2D eigenvalue weighted by molar-refractivity contribution is 0.104. The van der Waals surface area contributed by atoms with E-state index in [0.29, 0.717) is 25.9 Å². The van der Waals surface area contributed by atoms with Crippen molar-refractivity contribution in [3.8, 4) is 0 Å². The van der Waals surface area contributed by atoms with Gasteiger partial charge in [-0.1, -0.05) is 23.2 Å². The van der Waals surface area contributed by atoms with Crippen LogP contribution in [0.1, 0.15) is 15.2 Å². The highest BCUT2D eigenvalue weighted by molar-refractivity contribution is 9.11. The van der Waals surface area contributed by atoms with Crippen LogP contribution in [0, 0.1) is 0 Å². The van der Waals surface area contributed by atoms with Gasteiger partial charge in [0.15, 0.2) is 0 Å². The number of rotatable bonds is 2. The van der Waals surface area contributed by atoms with Crippen molar-refractivity contribution in [3.63, 3.8) is 0 Å². The van der Waals surface area contributed by atoms with Gasteiger partial charge in [0.1, 0.15) is 0 Å². The molecule has 3 aromatic rings. The molecule has 0 aliphatic heterocycles. The van der Waals surface area contributed by atoms with Gasteiger partial charge >= 0.3 is 0 Å². The molecule has 1 N–H and O–H groups in total. The molecule has 0 fully saturated rings. The van der Waals surface area contributed by atoms with E-state index in [-0.39, 0.29) is 5.78 Å². The van der Waals surface area contributed by atoms with E-state index >= 15 is 0 Å². The number of aromatic amines is 1. The van der Waals surface area contributed by atoms with E-state index in [9.17, 15) is 4.79 Å². The number of hydrogen-bond donors (Lipinski definition) is 1. The number of hydrogen-bond acceptors (Lipinski definition) is 2. The summed E-state index contributed by atoms with van der Waals surface area (Å²) in [5.74, 6) is -0.0498. The molecule has 0 radical (unpaired) electrons. The van der Waals surface area contributed by atoms with Crippen molar-refractivity contribution >= 4 is 67.2 Å². The van der Waals surface area contributed by atoms with Gasteiger partial charge < -0.3 is 4.98 Å². The fourth-order valence-electron chi connectivity index (χ4n) is 1.93. The van der Waals surface area contributed by atoms with Crippen molar-refractivity contribution in [3.05, 3.63) is 54.7 Å². The molecule has 2 heterocycles. The highest BCUT2D eigenvalue weighted by atomic mass is 79.9. The average Bonchev–Trinajstić information content (AvgIpc) is 2.94. The second-order valence-corrected chi connectivity index (χ2v) is 7.25. The predicted molar refractivity (Wildman–Crippen MR) is 83.8 cm³/mol. The minimum atomic E-state index is -0.0498. The molecular formula is C13H6BrCl2NOS. The Balaban J connectivity index is 2.18. The Morgan fingerprint density at radius 2 is 2.05 bits per heavy atom. The number of benzene rings is 1. The Labute approximate surface area is 131 Å². The van der Waals surface area contributed by atoms with E-state index in [0.717, 1.165) is 9.30 Å². The minimum Gasteiger partial charge on any atom is -0.360 e. The maximum absolute atomic E-state index is 12.4. The van der Waals surface area contributed by atoms with E-state index in [1.54, 1.807) is 24.4 Å². The molecule has 0 saturated heterocycles. The summed E-state index contributed by atoms with van der Waals surface area (Å²) in [4.78, 5) is 16.1. The summed E-state index contributed by atoms with van der Waals surface area (Å²) in [5, 5.41) is 1.72. The SMILES string of the molecule is O=C(c1ccc(Br)s1)c1c[nH]c2cc(Cl)cc(Cl)c12. The second-order valence-electron chi connectivity index (χ2n) is 3.95. The largest absolute Gasteiger partial charge is 0.360 e. The van der Waals surface area contributed by atoms with Crippen molar-refractivity contribution < 1.29 is 4.79 Å². The molecule has 0 amide bonds. The summed E-state index contributed by atoms with van der Waals surface area (Å²) in [6.45, 7) is 0. The van der Waals surface area contributed by atoms with Crippen LogP contribution in [-0.4, -0.2) is 10.8 Å². The smallest absolute Gasteiger partial charge is 0.205 e. The van der Waals surface area contributed by atoms with Gasteiger partial charge in [0, 0.05) is 22.1 Å². The first-order valence-electron chi connectivity index (χ1n) is 5.32. The Kier molecular flexibility index (Phi) is 3.43. The molecule has 2 aromatic heterocycles. The van der Waals surface area contributed by atoms with Crippen molar-refractivity contribution in [2.75, 3.05) is 0 Å². The summed E-state index contributed by atoms with van der Waals surface area (Å²) < 4.78 is 0.921. The highest BCUT2D eigenvalue weighted by Gasteiger charge is 2.18. The lowest BCUT2D eigenvalue weighted by atomic mass is 10.1. The first kappa shape index (κ1) is 13.2. The van der Waals surface area contributed by atoms with Crippen molar-refractivity contribution in [1.29, 1.82) is 0 Å². The number of carbonyl (C=O) groups excluding carboxylic acids is 1. The van der Waals surface area contributed by atoms with Crippen LogP contribution in [0.4, 0.5) is 0 Å². The van der Waals surface area contributed by atoms with Crippen LogP contribution >= 0.6 is 50.5 Å². The number of halogens is 3. The van der Waals surface area contributed by atoms with Crippen LogP contribution in [-0.2, 0) is 0 Å². The molecule has 0 aliphatic rings. The van der Waals surface area contributed by atoms with E-state index < -0.39 is 0 Å². The number of fused-ring (bicyclic) bond motifs is 1. The van der Waals surface area contributed by atoms with E-state index in [4.69, 9.17) is 23.2 Å². The lowest BCUT2D eigenvalue weighted by Crippen LogP contribution is -1.97. The second kappa shape index (κ2) is 4.94. The molecule has 0 atom stereocenters. The summed E-state index contributed by atoms with van der Waals surface area (Å²) in [7, 11) is 0. The van der Waals surface area contributed by atoms with Crippen LogP contribution in [0.15, 0.2) is 34.2 Å². The average molecular weight is 375 g/mol. The maximum Gasteiger partial charge on any atom is 0.205 e. The van der Waals surface area contributed by atoms with Crippen LogP contribution in [0.3, 0.4) is 0 Å². The molecule has 2 nitrogen and oxygen atoms in total. The topological polar surface area (TPSA) is 32.9 Å². The van der Waals surface area contributed by atoms with Gasteiger partial charge in [-0.15, -0.1) is 11.3 Å². The summed E-state index contributed by atoms with van der Waals surface area (Å²) >= 11 is 16.9. The van der Waals surface area contributed by atoms with Crippen molar-refractivity contribution in [2.24, 2.45) is 0 Å². The Bertz CT molecular complexity index is 793. The zero-order chi connectivity index (χ0) is 13.6. The molecule has 1 aromatic carbocycles. The molecule has 0 aliphatic carbocycles. The van der Waals surface area contributed by atoms with Crippen molar-refractivity contribution in [2.45, 2.75) is 0 Å². The molecule has 96 valence electrons. The van der Waals surface area contributed by atoms with Gasteiger partial charge in [0.05, 0.1) is 19.2 Å². The summed E-state index contributed by atoms with van der Waals surface area (Å²) in [6, 6.07) is 7.04. The Hall–Kier alpha value is -0.810. The van der Waals surface area contributed by atoms with E-state index in [1.165, 1.54) is 11.3 Å². The zero-order valence-electron chi connectivity index (χ0n) is 9.34. The van der Waals surface area contributed by atoms with Gasteiger partial charge in [-0.05, 0) is 40.2 Å². The first-order chi connectivity index (χ1) is 9.06. The fraction of sp³-hybridized carbons (Fsp3) is 0. The molecule has 0 unspecified atom stereocenters. The number of carbonyl (C=O) groups is 1. The molecule has 3 rings (SSSR count). The molecule has 6 heteroatoms. The van der Waals surface area contributed by atoms with E-state index in [2.05, 4.69) is 20.9 Å². The first-order valence-corrected chi connectivity index (χ1v) is 7.69.